The summed E-state index contributed by atoms with van der Waals surface area (Å²) in [5.41, 5.74) is 5.30. The van der Waals surface area contributed by atoms with Crippen molar-refractivity contribution < 1.29 is 14.3 Å². The summed E-state index contributed by atoms with van der Waals surface area (Å²) in [6.07, 6.45) is 2.72. The number of carbonyl (C=O) groups excluding carboxylic acids is 2. The summed E-state index contributed by atoms with van der Waals surface area (Å²) >= 11 is 1.50. The SMILES string of the molecule is CCOC(=O)C1=C(C)N=C2SC=C(CC(=O)NCCN3CCCC3)N2C1c1ccc(C)cc1C. The van der Waals surface area contributed by atoms with E-state index >= 15 is 0 Å². The van der Waals surface area contributed by atoms with E-state index in [1.807, 2.05) is 17.2 Å². The Labute approximate surface area is 206 Å². The van der Waals surface area contributed by atoms with Gasteiger partial charge < -0.3 is 19.9 Å². The molecular weight excluding hydrogens is 448 g/mol. The number of aliphatic imine (C=N–C) groups is 1. The van der Waals surface area contributed by atoms with Crippen molar-refractivity contribution in [1.82, 2.24) is 15.1 Å². The summed E-state index contributed by atoms with van der Waals surface area (Å²) in [5.74, 6) is -0.380. The molecule has 1 N–H and O–H groups in total. The van der Waals surface area contributed by atoms with Crippen LogP contribution in [0.15, 0.2) is 45.6 Å². The number of carbonyl (C=O) groups is 2. The van der Waals surface area contributed by atoms with Gasteiger partial charge in [0.05, 0.1) is 30.3 Å². The topological polar surface area (TPSA) is 74.2 Å². The standard InChI is InChI=1S/C26H34N4O3S/c1-5-33-25(32)23-19(4)28-26-30(24(23)21-9-8-17(2)14-18(21)3)20(16-34-26)15-22(31)27-10-13-29-11-6-7-12-29/h8-9,14,16,24H,5-7,10-13,15H2,1-4H3,(H,27,31). The zero-order valence-corrected chi connectivity index (χ0v) is 21.3. The van der Waals surface area contributed by atoms with Gasteiger partial charge in [-0.25, -0.2) is 9.79 Å². The predicted octanol–water partition coefficient (Wildman–Crippen LogP) is 4.04. The lowest BCUT2D eigenvalue weighted by molar-refractivity contribution is -0.139. The first kappa shape index (κ1) is 24.5. The second kappa shape index (κ2) is 10.8. The average molecular weight is 483 g/mol. The third-order valence-corrected chi connectivity index (χ3v) is 7.40. The highest BCUT2D eigenvalue weighted by atomic mass is 32.2. The summed E-state index contributed by atoms with van der Waals surface area (Å²) in [5, 5.41) is 5.84. The number of likely N-dealkylation sites (tertiary alicyclic amines) is 1. The van der Waals surface area contributed by atoms with Gasteiger partial charge in [0.2, 0.25) is 5.91 Å². The molecule has 0 spiro atoms. The fraction of sp³-hybridized carbons (Fsp3) is 0.500. The molecule has 0 bridgehead atoms. The van der Waals surface area contributed by atoms with Gasteiger partial charge in [0.15, 0.2) is 5.17 Å². The van der Waals surface area contributed by atoms with E-state index in [9.17, 15) is 9.59 Å². The van der Waals surface area contributed by atoms with Crippen LogP contribution in [0.3, 0.4) is 0 Å². The number of aryl methyl sites for hydroxylation is 2. The van der Waals surface area contributed by atoms with Crippen molar-refractivity contribution in [2.45, 2.75) is 53.0 Å². The summed E-state index contributed by atoms with van der Waals surface area (Å²) < 4.78 is 5.43. The lowest BCUT2D eigenvalue weighted by atomic mass is 9.90. The van der Waals surface area contributed by atoms with Crippen molar-refractivity contribution in [3.05, 3.63) is 57.3 Å². The molecule has 1 aromatic carbocycles. The summed E-state index contributed by atoms with van der Waals surface area (Å²) in [6, 6.07) is 5.87. The Morgan fingerprint density at radius 3 is 2.68 bits per heavy atom. The van der Waals surface area contributed by atoms with Gasteiger partial charge in [0.25, 0.3) is 0 Å². The second-order valence-electron chi connectivity index (χ2n) is 9.05. The van der Waals surface area contributed by atoms with Crippen LogP contribution in [-0.2, 0) is 14.3 Å². The molecule has 34 heavy (non-hydrogen) atoms. The fourth-order valence-electron chi connectivity index (χ4n) is 4.85. The van der Waals surface area contributed by atoms with E-state index in [-0.39, 0.29) is 24.3 Å². The number of thioether (sulfide) groups is 1. The molecule has 4 rings (SSSR count). The Bertz CT molecular complexity index is 1060. The fourth-order valence-corrected chi connectivity index (χ4v) is 5.82. The van der Waals surface area contributed by atoms with E-state index in [2.05, 4.69) is 42.3 Å². The van der Waals surface area contributed by atoms with Crippen molar-refractivity contribution in [3.63, 3.8) is 0 Å². The maximum Gasteiger partial charge on any atom is 0.338 e. The number of fused-ring (bicyclic) bond motifs is 1. The molecule has 3 heterocycles. The van der Waals surface area contributed by atoms with Gasteiger partial charge in [-0.1, -0.05) is 35.5 Å². The summed E-state index contributed by atoms with van der Waals surface area (Å²) in [7, 11) is 0. The van der Waals surface area contributed by atoms with Crippen LogP contribution in [-0.4, -0.2) is 59.6 Å². The Balaban J connectivity index is 1.58. The molecule has 0 saturated carbocycles. The molecule has 0 aromatic heterocycles. The molecule has 8 heteroatoms. The molecule has 1 unspecified atom stereocenters. The molecule has 3 aliphatic heterocycles. The van der Waals surface area contributed by atoms with Gasteiger partial charge in [0, 0.05) is 18.8 Å². The van der Waals surface area contributed by atoms with Gasteiger partial charge >= 0.3 is 5.97 Å². The van der Waals surface area contributed by atoms with E-state index in [4.69, 9.17) is 9.73 Å². The number of nitrogens with one attached hydrogen (secondary N) is 1. The number of benzene rings is 1. The number of rotatable bonds is 8. The second-order valence-corrected chi connectivity index (χ2v) is 9.89. The molecule has 1 fully saturated rings. The number of hydrogen-bond acceptors (Lipinski definition) is 7. The lowest BCUT2D eigenvalue weighted by Gasteiger charge is -2.37. The van der Waals surface area contributed by atoms with Gasteiger partial charge in [-0.15, -0.1) is 0 Å². The molecule has 0 radical (unpaired) electrons. The van der Waals surface area contributed by atoms with Crippen LogP contribution in [0, 0.1) is 13.8 Å². The van der Waals surface area contributed by atoms with Gasteiger partial charge in [0.1, 0.15) is 0 Å². The van der Waals surface area contributed by atoms with Crippen molar-refractivity contribution in [3.8, 4) is 0 Å². The van der Waals surface area contributed by atoms with Crippen LogP contribution in [0.25, 0.3) is 0 Å². The Morgan fingerprint density at radius 2 is 1.97 bits per heavy atom. The molecule has 1 atom stereocenters. The van der Waals surface area contributed by atoms with Crippen LogP contribution in [0.4, 0.5) is 0 Å². The molecule has 1 amide bonds. The first-order valence-electron chi connectivity index (χ1n) is 12.1. The summed E-state index contributed by atoms with van der Waals surface area (Å²) in [4.78, 5) is 35.0. The largest absolute Gasteiger partial charge is 0.463 e. The minimum atomic E-state index is -0.384. The maximum atomic E-state index is 13.1. The highest BCUT2D eigenvalue weighted by Crippen LogP contribution is 2.45. The zero-order chi connectivity index (χ0) is 24.2. The van der Waals surface area contributed by atoms with Crippen LogP contribution in [0.2, 0.25) is 0 Å². The first-order valence-corrected chi connectivity index (χ1v) is 12.9. The van der Waals surface area contributed by atoms with Crippen LogP contribution in [0.1, 0.15) is 55.8 Å². The lowest BCUT2D eigenvalue weighted by Crippen LogP contribution is -2.39. The Kier molecular flexibility index (Phi) is 7.78. The van der Waals surface area contributed by atoms with Crippen molar-refractivity contribution >= 4 is 28.8 Å². The highest BCUT2D eigenvalue weighted by molar-refractivity contribution is 8.16. The molecule has 7 nitrogen and oxygen atoms in total. The third-order valence-electron chi connectivity index (χ3n) is 6.51. The van der Waals surface area contributed by atoms with E-state index < -0.39 is 0 Å². The van der Waals surface area contributed by atoms with E-state index in [0.29, 0.717) is 24.4 Å². The first-order chi connectivity index (χ1) is 16.4. The van der Waals surface area contributed by atoms with Gasteiger partial charge in [-0.3, -0.25) is 4.79 Å². The maximum absolute atomic E-state index is 13.1. The van der Waals surface area contributed by atoms with E-state index in [1.165, 1.54) is 24.6 Å². The van der Waals surface area contributed by atoms with Crippen LogP contribution in [0.5, 0.6) is 0 Å². The quantitative estimate of drug-likeness (QED) is 0.564. The van der Waals surface area contributed by atoms with Gasteiger partial charge in [-0.2, -0.15) is 0 Å². The molecule has 182 valence electrons. The Hall–Kier alpha value is -2.58. The number of allylic oxidation sites excluding steroid dienone is 1. The zero-order valence-electron chi connectivity index (χ0n) is 20.5. The van der Waals surface area contributed by atoms with Crippen LogP contribution >= 0.6 is 11.8 Å². The van der Waals surface area contributed by atoms with E-state index in [0.717, 1.165) is 47.2 Å². The van der Waals surface area contributed by atoms with Crippen LogP contribution < -0.4 is 5.32 Å². The minimum absolute atomic E-state index is 0.0179. The smallest absolute Gasteiger partial charge is 0.338 e. The number of hydrogen-bond donors (Lipinski definition) is 1. The average Bonchev–Trinajstić information content (AvgIpc) is 3.43. The number of nitrogens with zero attached hydrogens (tertiary/aromatic N) is 3. The number of amidine groups is 1. The number of ether oxygens (including phenoxy) is 1. The molecule has 1 saturated heterocycles. The molecule has 3 aliphatic rings. The molecular formula is C26H34N4O3S. The van der Waals surface area contributed by atoms with Crippen molar-refractivity contribution in [2.24, 2.45) is 4.99 Å². The predicted molar refractivity (Wildman–Crippen MR) is 136 cm³/mol. The molecule has 1 aromatic rings. The Morgan fingerprint density at radius 1 is 1.21 bits per heavy atom. The van der Waals surface area contributed by atoms with Crippen molar-refractivity contribution in [1.29, 1.82) is 0 Å². The highest BCUT2D eigenvalue weighted by Gasteiger charge is 2.41. The summed E-state index contributed by atoms with van der Waals surface area (Å²) in [6.45, 7) is 11.8. The number of amides is 1. The monoisotopic (exact) mass is 482 g/mol. The minimum Gasteiger partial charge on any atom is -0.463 e. The van der Waals surface area contributed by atoms with E-state index in [1.54, 1.807) is 6.92 Å². The van der Waals surface area contributed by atoms with Gasteiger partial charge in [-0.05, 0) is 70.2 Å². The van der Waals surface area contributed by atoms with Crippen molar-refractivity contribution in [2.75, 3.05) is 32.8 Å². The molecule has 0 aliphatic carbocycles. The number of esters is 1. The normalized spacial score (nSPS) is 20.2. The third kappa shape index (κ3) is 5.23.